The minimum atomic E-state index is 0. The van der Waals surface area contributed by atoms with E-state index in [9.17, 15) is 0 Å². The number of hydrogen-bond acceptors (Lipinski definition) is 5. The van der Waals surface area contributed by atoms with E-state index < -0.39 is 0 Å². The van der Waals surface area contributed by atoms with Crippen molar-refractivity contribution in [3.05, 3.63) is 48.0 Å². The van der Waals surface area contributed by atoms with Gasteiger partial charge in [0.05, 0.1) is 14.2 Å². The zero-order chi connectivity index (χ0) is 22.9. The maximum absolute atomic E-state index is 5.42. The SMILES string of the molecule is CN=C(NCCCc1ccc(N(C)C)cc1)NC1CCN(c2cc(OC)cc(OC)c2)C1.I. The predicted octanol–water partition coefficient (Wildman–Crippen LogP) is 3.76. The molecule has 1 atom stereocenters. The van der Waals surface area contributed by atoms with Gasteiger partial charge in [-0.05, 0) is 37.0 Å². The number of halogens is 1. The fraction of sp³-hybridized carbons (Fsp3) is 0.480. The van der Waals surface area contributed by atoms with Gasteiger partial charge in [-0.15, -0.1) is 24.0 Å². The highest BCUT2D eigenvalue weighted by Crippen LogP contribution is 2.30. The third-order valence-electron chi connectivity index (χ3n) is 5.84. The lowest BCUT2D eigenvalue weighted by Gasteiger charge is -2.21. The van der Waals surface area contributed by atoms with Crippen molar-refractivity contribution in [2.24, 2.45) is 4.99 Å². The molecule has 7 nitrogen and oxygen atoms in total. The highest BCUT2D eigenvalue weighted by atomic mass is 127. The first-order chi connectivity index (χ1) is 15.5. The normalized spacial score (nSPS) is 15.6. The molecule has 0 saturated carbocycles. The lowest BCUT2D eigenvalue weighted by molar-refractivity contribution is 0.394. The van der Waals surface area contributed by atoms with Crippen LogP contribution in [-0.4, -0.2) is 67.0 Å². The summed E-state index contributed by atoms with van der Waals surface area (Å²) in [7, 11) is 9.32. The minimum Gasteiger partial charge on any atom is -0.497 e. The van der Waals surface area contributed by atoms with Crippen molar-refractivity contribution < 1.29 is 9.47 Å². The molecule has 1 unspecified atom stereocenters. The molecule has 0 radical (unpaired) electrons. The van der Waals surface area contributed by atoms with E-state index in [0.29, 0.717) is 6.04 Å². The van der Waals surface area contributed by atoms with Gasteiger partial charge in [-0.3, -0.25) is 4.99 Å². The first-order valence-corrected chi connectivity index (χ1v) is 11.2. The van der Waals surface area contributed by atoms with Crippen LogP contribution in [0.5, 0.6) is 11.5 Å². The van der Waals surface area contributed by atoms with Crippen LogP contribution in [0.4, 0.5) is 11.4 Å². The smallest absolute Gasteiger partial charge is 0.191 e. The number of benzene rings is 2. The molecule has 33 heavy (non-hydrogen) atoms. The predicted molar refractivity (Wildman–Crippen MR) is 149 cm³/mol. The first-order valence-electron chi connectivity index (χ1n) is 11.2. The summed E-state index contributed by atoms with van der Waals surface area (Å²) >= 11 is 0. The van der Waals surface area contributed by atoms with E-state index in [0.717, 1.165) is 62.0 Å². The van der Waals surface area contributed by atoms with Crippen LogP contribution in [0, 0.1) is 0 Å². The monoisotopic (exact) mass is 567 g/mol. The maximum Gasteiger partial charge on any atom is 0.191 e. The molecule has 2 aromatic carbocycles. The molecule has 8 heteroatoms. The molecule has 1 heterocycles. The Morgan fingerprint density at radius 1 is 1.09 bits per heavy atom. The molecule has 182 valence electrons. The van der Waals surface area contributed by atoms with Crippen molar-refractivity contribution in [3.8, 4) is 11.5 Å². The second-order valence-electron chi connectivity index (χ2n) is 8.31. The fourth-order valence-corrected chi connectivity index (χ4v) is 3.94. The number of rotatable bonds is 9. The summed E-state index contributed by atoms with van der Waals surface area (Å²) in [6, 6.07) is 15.1. The molecule has 0 aliphatic carbocycles. The van der Waals surface area contributed by atoms with Crippen LogP contribution < -0.4 is 29.9 Å². The van der Waals surface area contributed by atoms with E-state index in [-0.39, 0.29) is 24.0 Å². The minimum absolute atomic E-state index is 0. The molecule has 0 aromatic heterocycles. The molecule has 1 fully saturated rings. The van der Waals surface area contributed by atoms with Crippen molar-refractivity contribution in [3.63, 3.8) is 0 Å². The van der Waals surface area contributed by atoms with Gasteiger partial charge in [0, 0.05) is 76.4 Å². The Labute approximate surface area is 215 Å². The number of nitrogens with zero attached hydrogens (tertiary/aromatic N) is 3. The number of hydrogen-bond donors (Lipinski definition) is 2. The third kappa shape index (κ3) is 7.87. The molecular weight excluding hydrogens is 529 g/mol. The molecule has 2 N–H and O–H groups in total. The Kier molecular flexibility index (Phi) is 10.9. The summed E-state index contributed by atoms with van der Waals surface area (Å²) in [5, 5.41) is 7.03. The molecule has 0 bridgehead atoms. The van der Waals surface area contributed by atoms with Crippen LogP contribution in [-0.2, 0) is 6.42 Å². The summed E-state index contributed by atoms with van der Waals surface area (Å²) in [5.41, 5.74) is 3.71. The topological polar surface area (TPSA) is 61.4 Å². The van der Waals surface area contributed by atoms with Gasteiger partial charge in [0.15, 0.2) is 5.96 Å². The Morgan fingerprint density at radius 2 is 1.76 bits per heavy atom. The number of methoxy groups -OCH3 is 2. The van der Waals surface area contributed by atoms with Crippen LogP contribution >= 0.6 is 24.0 Å². The van der Waals surface area contributed by atoms with Gasteiger partial charge < -0.3 is 29.9 Å². The molecule has 2 aromatic rings. The van der Waals surface area contributed by atoms with E-state index >= 15 is 0 Å². The van der Waals surface area contributed by atoms with E-state index in [1.54, 1.807) is 14.2 Å². The molecule has 1 aliphatic heterocycles. The molecular formula is C25H38IN5O2. The van der Waals surface area contributed by atoms with Gasteiger partial charge in [0.2, 0.25) is 0 Å². The first kappa shape index (κ1) is 26.9. The Hall–Kier alpha value is -2.36. The molecule has 1 aliphatic rings. The summed E-state index contributed by atoms with van der Waals surface area (Å²) in [6.07, 6.45) is 3.16. The van der Waals surface area contributed by atoms with Gasteiger partial charge >= 0.3 is 0 Å². The van der Waals surface area contributed by atoms with E-state index in [4.69, 9.17) is 9.47 Å². The van der Waals surface area contributed by atoms with Crippen LogP contribution in [0.3, 0.4) is 0 Å². The van der Waals surface area contributed by atoms with E-state index in [2.05, 4.69) is 75.9 Å². The van der Waals surface area contributed by atoms with Crippen LogP contribution in [0.25, 0.3) is 0 Å². The second-order valence-corrected chi connectivity index (χ2v) is 8.31. The number of aryl methyl sites for hydroxylation is 1. The third-order valence-corrected chi connectivity index (χ3v) is 5.84. The average Bonchev–Trinajstić information content (AvgIpc) is 3.29. The number of anilines is 2. The quantitative estimate of drug-likeness (QED) is 0.208. The van der Waals surface area contributed by atoms with Crippen molar-refractivity contribution >= 4 is 41.3 Å². The maximum atomic E-state index is 5.42. The van der Waals surface area contributed by atoms with Gasteiger partial charge in [-0.2, -0.15) is 0 Å². The molecule has 0 spiro atoms. The van der Waals surface area contributed by atoms with Crippen molar-refractivity contribution in [2.75, 3.05) is 64.8 Å². The number of nitrogens with one attached hydrogen (secondary N) is 2. The van der Waals surface area contributed by atoms with Crippen LogP contribution in [0.15, 0.2) is 47.5 Å². The number of guanidine groups is 1. The number of aliphatic imine (C=N–C) groups is 1. The lowest BCUT2D eigenvalue weighted by atomic mass is 10.1. The highest BCUT2D eigenvalue weighted by Gasteiger charge is 2.24. The Morgan fingerprint density at radius 3 is 2.33 bits per heavy atom. The number of ether oxygens (including phenoxy) is 2. The zero-order valence-corrected chi connectivity index (χ0v) is 22.8. The largest absolute Gasteiger partial charge is 0.497 e. The summed E-state index contributed by atoms with van der Waals surface area (Å²) in [5.74, 6) is 2.48. The lowest BCUT2D eigenvalue weighted by Crippen LogP contribution is -2.44. The van der Waals surface area contributed by atoms with Crippen LogP contribution in [0.2, 0.25) is 0 Å². The standard InChI is InChI=1S/C25H37N5O2.HI/c1-26-25(27-13-6-7-19-8-10-21(11-9-19)29(2)3)28-20-12-14-30(18-20)22-15-23(31-4)17-24(16-22)32-5;/h8-11,15-17,20H,6-7,12-14,18H2,1-5H3,(H2,26,27,28);1H. The molecule has 1 saturated heterocycles. The van der Waals surface area contributed by atoms with Crippen molar-refractivity contribution in [1.29, 1.82) is 0 Å². The van der Waals surface area contributed by atoms with Gasteiger partial charge in [0.25, 0.3) is 0 Å². The summed E-state index contributed by atoms with van der Waals surface area (Å²) in [4.78, 5) is 8.89. The second kappa shape index (κ2) is 13.4. The summed E-state index contributed by atoms with van der Waals surface area (Å²) in [6.45, 7) is 2.78. The van der Waals surface area contributed by atoms with Gasteiger partial charge in [-0.1, -0.05) is 12.1 Å². The average molecular weight is 568 g/mol. The van der Waals surface area contributed by atoms with Crippen molar-refractivity contribution in [2.45, 2.75) is 25.3 Å². The zero-order valence-electron chi connectivity index (χ0n) is 20.4. The van der Waals surface area contributed by atoms with Gasteiger partial charge in [0.1, 0.15) is 11.5 Å². The van der Waals surface area contributed by atoms with Crippen molar-refractivity contribution in [1.82, 2.24) is 10.6 Å². The van der Waals surface area contributed by atoms with E-state index in [1.807, 2.05) is 13.1 Å². The summed E-state index contributed by atoms with van der Waals surface area (Å²) < 4.78 is 10.8. The fourth-order valence-electron chi connectivity index (χ4n) is 3.94. The Balaban J connectivity index is 0.00000385. The molecule has 0 amide bonds. The molecule has 3 rings (SSSR count). The Bertz CT molecular complexity index is 867. The van der Waals surface area contributed by atoms with Crippen LogP contribution in [0.1, 0.15) is 18.4 Å². The highest BCUT2D eigenvalue weighted by molar-refractivity contribution is 14.0. The van der Waals surface area contributed by atoms with Gasteiger partial charge in [-0.25, -0.2) is 0 Å². The van der Waals surface area contributed by atoms with E-state index in [1.165, 1.54) is 11.3 Å².